The summed E-state index contributed by atoms with van der Waals surface area (Å²) in [7, 11) is 3.16. The van der Waals surface area contributed by atoms with Crippen LogP contribution in [0, 0.1) is 0 Å². The maximum absolute atomic E-state index is 12.6. The second kappa shape index (κ2) is 19.9. The van der Waals surface area contributed by atoms with Gasteiger partial charge < -0.3 is 14.9 Å². The molecule has 0 amide bonds. The second-order valence-electron chi connectivity index (χ2n) is 7.21. The lowest BCUT2D eigenvalue weighted by Gasteiger charge is -2.15. The third kappa shape index (κ3) is 24.1. The van der Waals surface area contributed by atoms with Crippen LogP contribution in [0.4, 0.5) is 13.2 Å². The van der Waals surface area contributed by atoms with Gasteiger partial charge in [-0.2, -0.15) is 11.8 Å². The quantitative estimate of drug-likeness (QED) is 0.254. The summed E-state index contributed by atoms with van der Waals surface area (Å²) < 4.78 is 40.8. The molecule has 0 fully saturated rings. The van der Waals surface area contributed by atoms with Gasteiger partial charge in [-0.25, -0.2) is 13.2 Å². The minimum atomic E-state index is -2.71. The lowest BCUT2D eigenvalue weighted by Crippen LogP contribution is -2.19. The maximum Gasteiger partial charge on any atom is 0.262 e. The molecule has 0 saturated carbocycles. The maximum atomic E-state index is 12.6. The van der Waals surface area contributed by atoms with Crippen LogP contribution in [-0.2, 0) is 11.2 Å². The van der Waals surface area contributed by atoms with Crippen molar-refractivity contribution in [3.63, 3.8) is 0 Å². The molecule has 0 spiro atoms. The van der Waals surface area contributed by atoms with Gasteiger partial charge in [-0.05, 0) is 57.1 Å². The molecule has 0 saturated heterocycles. The number of methoxy groups -OCH3 is 1. The summed E-state index contributed by atoms with van der Waals surface area (Å²) in [5, 5.41) is 19.1. The van der Waals surface area contributed by atoms with E-state index in [2.05, 4.69) is 6.58 Å². The van der Waals surface area contributed by atoms with Crippen molar-refractivity contribution in [2.75, 3.05) is 26.6 Å². The Morgan fingerprint density at radius 3 is 2.41 bits per heavy atom. The SMILES string of the molecule is C/C(=C\CC(F)(F)P)Cc1cccc(Cl)c1.C=C(C)F.COCCC(O)CC(CO)SC. The van der Waals surface area contributed by atoms with Crippen molar-refractivity contribution in [2.45, 2.75) is 56.5 Å². The summed E-state index contributed by atoms with van der Waals surface area (Å²) in [6.07, 6.45) is 4.84. The Morgan fingerprint density at radius 1 is 1.38 bits per heavy atom. The Morgan fingerprint density at radius 2 is 1.97 bits per heavy atom. The van der Waals surface area contributed by atoms with Gasteiger partial charge in [0, 0.05) is 30.4 Å². The highest BCUT2D eigenvalue weighted by Gasteiger charge is 2.18. The highest BCUT2D eigenvalue weighted by atomic mass is 35.5. The van der Waals surface area contributed by atoms with Crippen LogP contribution < -0.4 is 0 Å². The van der Waals surface area contributed by atoms with Gasteiger partial charge in [-0.15, -0.1) is 0 Å². The molecule has 0 heterocycles. The fraction of sp³-hybridized carbons (Fsp3) is 0.565. The predicted octanol–water partition coefficient (Wildman–Crippen LogP) is 6.67. The van der Waals surface area contributed by atoms with Gasteiger partial charge in [0.25, 0.3) is 5.66 Å². The molecule has 0 bridgehead atoms. The number of aliphatic hydroxyl groups is 2. The fourth-order valence-corrected chi connectivity index (χ4v) is 3.17. The van der Waals surface area contributed by atoms with Crippen LogP contribution >= 0.6 is 32.6 Å². The average molecular weight is 517 g/mol. The molecule has 1 aromatic rings. The monoisotopic (exact) mass is 516 g/mol. The van der Waals surface area contributed by atoms with E-state index in [1.165, 1.54) is 16.2 Å². The molecule has 3 unspecified atom stereocenters. The van der Waals surface area contributed by atoms with Crippen LogP contribution in [-0.4, -0.2) is 53.8 Å². The molecule has 3 atom stereocenters. The van der Waals surface area contributed by atoms with Crippen molar-refractivity contribution in [3.05, 3.63) is 58.9 Å². The Balaban J connectivity index is 0. The molecule has 0 radical (unpaired) electrons. The second-order valence-corrected chi connectivity index (χ2v) is 9.63. The first-order valence-corrected chi connectivity index (χ1v) is 12.3. The van der Waals surface area contributed by atoms with Crippen molar-refractivity contribution < 1.29 is 28.1 Å². The van der Waals surface area contributed by atoms with Crippen LogP contribution in [0.25, 0.3) is 0 Å². The molecule has 9 heteroatoms. The highest BCUT2D eigenvalue weighted by molar-refractivity contribution is 7.99. The molecule has 0 aromatic heterocycles. The van der Waals surface area contributed by atoms with Crippen LogP contribution in [0.15, 0.2) is 48.3 Å². The van der Waals surface area contributed by atoms with E-state index >= 15 is 0 Å². The first kappa shape index (κ1) is 33.6. The number of benzene rings is 1. The number of ether oxygens (including phenoxy) is 1. The molecule has 1 rings (SSSR count). The van der Waals surface area contributed by atoms with Gasteiger partial charge >= 0.3 is 0 Å². The molecule has 2 N–H and O–H groups in total. The number of hydrogen-bond donors (Lipinski definition) is 2. The summed E-state index contributed by atoms with van der Waals surface area (Å²) in [5.41, 5.74) is -0.756. The Kier molecular flexibility index (Phi) is 20.9. The lowest BCUT2D eigenvalue weighted by atomic mass is 10.1. The Labute approximate surface area is 202 Å². The minimum Gasteiger partial charge on any atom is -0.395 e. The average Bonchev–Trinajstić information content (AvgIpc) is 2.68. The van der Waals surface area contributed by atoms with Gasteiger partial charge in [0.15, 0.2) is 0 Å². The first-order chi connectivity index (χ1) is 14.8. The third-order valence-electron chi connectivity index (χ3n) is 3.82. The number of rotatable bonds is 11. The molecular weight excluding hydrogens is 480 g/mol. The zero-order chi connectivity index (χ0) is 25.2. The van der Waals surface area contributed by atoms with Crippen LogP contribution in [0.1, 0.15) is 38.7 Å². The number of aliphatic hydroxyl groups excluding tert-OH is 2. The zero-order valence-corrected chi connectivity index (χ0v) is 22.0. The van der Waals surface area contributed by atoms with E-state index in [0.717, 1.165) is 11.1 Å². The Hall–Kier alpha value is -0.560. The van der Waals surface area contributed by atoms with E-state index in [-0.39, 0.29) is 30.2 Å². The molecule has 32 heavy (non-hydrogen) atoms. The zero-order valence-electron chi connectivity index (χ0n) is 19.3. The number of halogens is 4. The van der Waals surface area contributed by atoms with Gasteiger partial charge in [0.05, 0.1) is 18.5 Å². The van der Waals surface area contributed by atoms with Gasteiger partial charge in [-0.3, -0.25) is 0 Å². The predicted molar refractivity (Wildman–Crippen MR) is 136 cm³/mol. The van der Waals surface area contributed by atoms with Crippen molar-refractivity contribution >= 4 is 32.6 Å². The van der Waals surface area contributed by atoms with E-state index in [1.54, 1.807) is 31.0 Å². The number of hydrogen-bond acceptors (Lipinski definition) is 4. The van der Waals surface area contributed by atoms with E-state index in [0.29, 0.717) is 30.9 Å². The summed E-state index contributed by atoms with van der Waals surface area (Å²) >= 11 is 7.42. The van der Waals surface area contributed by atoms with Crippen molar-refractivity contribution in [2.24, 2.45) is 0 Å². The van der Waals surface area contributed by atoms with Gasteiger partial charge in [-0.1, -0.05) is 51.2 Å². The third-order valence-corrected chi connectivity index (χ3v) is 5.30. The van der Waals surface area contributed by atoms with E-state index in [1.807, 2.05) is 31.4 Å². The van der Waals surface area contributed by atoms with Crippen LogP contribution in [0.2, 0.25) is 5.02 Å². The summed E-state index contributed by atoms with van der Waals surface area (Å²) in [6, 6.07) is 7.43. The van der Waals surface area contributed by atoms with Gasteiger partial charge in [0.1, 0.15) is 0 Å². The van der Waals surface area contributed by atoms with E-state index < -0.39 is 5.66 Å². The largest absolute Gasteiger partial charge is 0.395 e. The van der Waals surface area contributed by atoms with Gasteiger partial charge in [0.2, 0.25) is 0 Å². The van der Waals surface area contributed by atoms with E-state index in [4.69, 9.17) is 21.4 Å². The highest BCUT2D eigenvalue weighted by Crippen LogP contribution is 2.27. The molecule has 1 aromatic carbocycles. The molecule has 0 aliphatic carbocycles. The first-order valence-electron chi connectivity index (χ1n) is 10.0. The van der Waals surface area contributed by atoms with Crippen molar-refractivity contribution in [1.29, 1.82) is 0 Å². The van der Waals surface area contributed by atoms with Crippen LogP contribution in [0.3, 0.4) is 0 Å². The standard InChI is InChI=1S/C12H14ClF2P.C8H18O3S.C3H5F/c1-9(5-6-12(14,15)16)7-10-3-2-4-11(13)8-10;1-11-4-3-7(10)5-8(6-9)12-2;1-3(2)4/h2-5,8H,6-7,16H2,1H3;7-10H,3-6H2,1-2H3;1H2,2H3/b9-5+;;. The molecule has 0 aliphatic heterocycles. The summed E-state index contributed by atoms with van der Waals surface area (Å²) in [4.78, 5) is 0. The van der Waals surface area contributed by atoms with Crippen LogP contribution in [0.5, 0.6) is 0 Å². The fourth-order valence-electron chi connectivity index (χ4n) is 2.27. The topological polar surface area (TPSA) is 49.7 Å². The molecule has 3 nitrogen and oxygen atoms in total. The summed E-state index contributed by atoms with van der Waals surface area (Å²) in [5.74, 6) is -0.333. The Bertz CT molecular complexity index is 650. The smallest absolute Gasteiger partial charge is 0.262 e. The number of alkyl halides is 2. The van der Waals surface area contributed by atoms with Crippen molar-refractivity contribution in [1.82, 2.24) is 0 Å². The minimum absolute atomic E-state index is 0.130. The molecular formula is C23H37ClF3O3PS. The molecule has 0 aliphatic rings. The normalized spacial score (nSPS) is 13.3. The van der Waals surface area contributed by atoms with E-state index in [9.17, 15) is 18.3 Å². The molecule has 186 valence electrons. The number of thioether (sulfide) groups is 1. The lowest BCUT2D eigenvalue weighted by molar-refractivity contribution is 0.0992. The van der Waals surface area contributed by atoms with Crippen molar-refractivity contribution in [3.8, 4) is 0 Å². The summed E-state index contributed by atoms with van der Waals surface area (Å²) in [6.45, 7) is 6.75. The number of allylic oxidation sites excluding steroid dienone is 3.